The lowest BCUT2D eigenvalue weighted by Crippen LogP contribution is -2.38. The fraction of sp³-hybridized carbons (Fsp3) is 0.333. The Bertz CT molecular complexity index is 718. The minimum atomic E-state index is -0.917. The van der Waals surface area contributed by atoms with Crippen LogP contribution >= 0.6 is 0 Å². The fourth-order valence-electron chi connectivity index (χ4n) is 2.21. The molecule has 0 aliphatic rings. The average Bonchev–Trinajstić information content (AvgIpc) is 2.49. The quantitative estimate of drug-likeness (QED) is 0.879. The lowest BCUT2D eigenvalue weighted by molar-refractivity contribution is -0.143. The van der Waals surface area contributed by atoms with Gasteiger partial charge >= 0.3 is 12.1 Å². The number of hydrogen-bond acceptors (Lipinski definition) is 4. The van der Waals surface area contributed by atoms with Gasteiger partial charge in [0, 0.05) is 0 Å². The Labute approximate surface area is 135 Å². The normalized spacial score (nSPS) is 12.5. The van der Waals surface area contributed by atoms with Crippen LogP contribution < -0.4 is 5.32 Å². The minimum Gasteiger partial charge on any atom is -0.467 e. The molecule has 1 N–H and O–H groups in total. The third kappa shape index (κ3) is 4.45. The van der Waals surface area contributed by atoms with Crippen molar-refractivity contribution in [1.82, 2.24) is 5.32 Å². The maximum Gasteiger partial charge on any atom is 0.408 e. The van der Waals surface area contributed by atoms with Gasteiger partial charge in [-0.2, -0.15) is 0 Å². The summed E-state index contributed by atoms with van der Waals surface area (Å²) >= 11 is 0. The molecule has 0 saturated heterocycles. The Kier molecular flexibility index (Phi) is 4.89. The molecular formula is C18H21NO4. The van der Waals surface area contributed by atoms with Gasteiger partial charge in [-0.25, -0.2) is 9.59 Å². The highest BCUT2D eigenvalue weighted by Gasteiger charge is 2.26. The minimum absolute atomic E-state index is 0.550. The number of carbonyl (C=O) groups is 2. The highest BCUT2D eigenvalue weighted by molar-refractivity contribution is 5.87. The van der Waals surface area contributed by atoms with Gasteiger partial charge in [0.25, 0.3) is 0 Å². The number of esters is 1. The smallest absolute Gasteiger partial charge is 0.408 e. The Balaban J connectivity index is 2.29. The van der Waals surface area contributed by atoms with Crippen LogP contribution in [-0.4, -0.2) is 24.8 Å². The first-order valence-electron chi connectivity index (χ1n) is 7.36. The molecule has 2 rings (SSSR count). The lowest BCUT2D eigenvalue weighted by atomic mass is 10.0. The average molecular weight is 315 g/mol. The first-order chi connectivity index (χ1) is 10.8. The van der Waals surface area contributed by atoms with Gasteiger partial charge in [0.2, 0.25) is 0 Å². The third-order valence-corrected chi connectivity index (χ3v) is 3.20. The maximum absolute atomic E-state index is 12.1. The van der Waals surface area contributed by atoms with Crippen LogP contribution in [0.4, 0.5) is 4.79 Å². The molecule has 0 aromatic heterocycles. The maximum atomic E-state index is 12.1. The zero-order chi connectivity index (χ0) is 17.0. The molecule has 0 spiro atoms. The molecule has 0 unspecified atom stereocenters. The summed E-state index contributed by atoms with van der Waals surface area (Å²) in [5.74, 6) is -0.550. The van der Waals surface area contributed by atoms with Gasteiger partial charge in [-0.1, -0.05) is 36.4 Å². The van der Waals surface area contributed by atoms with E-state index in [1.54, 1.807) is 26.8 Å². The molecule has 1 amide bonds. The van der Waals surface area contributed by atoms with E-state index < -0.39 is 23.7 Å². The van der Waals surface area contributed by atoms with Gasteiger partial charge in [0.05, 0.1) is 7.11 Å². The van der Waals surface area contributed by atoms with Crippen molar-refractivity contribution in [2.75, 3.05) is 7.11 Å². The topological polar surface area (TPSA) is 64.6 Å². The number of amides is 1. The number of ether oxygens (including phenoxy) is 2. The number of carbonyl (C=O) groups excluding carboxylic acids is 2. The molecule has 0 fully saturated rings. The van der Waals surface area contributed by atoms with E-state index in [2.05, 4.69) is 5.32 Å². The predicted octanol–water partition coefficient (Wildman–Crippen LogP) is 3.58. The summed E-state index contributed by atoms with van der Waals surface area (Å²) in [7, 11) is 1.28. The summed E-state index contributed by atoms with van der Waals surface area (Å²) < 4.78 is 10.0. The van der Waals surface area contributed by atoms with Gasteiger partial charge in [0.15, 0.2) is 6.04 Å². The van der Waals surface area contributed by atoms with Crippen molar-refractivity contribution in [2.24, 2.45) is 0 Å². The van der Waals surface area contributed by atoms with Crippen LogP contribution in [0.15, 0.2) is 42.5 Å². The first kappa shape index (κ1) is 16.8. The van der Waals surface area contributed by atoms with E-state index in [1.807, 2.05) is 36.4 Å². The molecule has 0 aliphatic heterocycles. The number of benzene rings is 2. The predicted molar refractivity (Wildman–Crippen MR) is 88.1 cm³/mol. The second-order valence-electron chi connectivity index (χ2n) is 6.21. The lowest BCUT2D eigenvalue weighted by Gasteiger charge is -2.23. The fourth-order valence-corrected chi connectivity index (χ4v) is 2.21. The molecule has 0 saturated carbocycles. The Morgan fingerprint density at radius 2 is 1.70 bits per heavy atom. The Hall–Kier alpha value is -2.56. The SMILES string of the molecule is COC(=O)[C@H](NC(=O)OC(C)(C)C)c1ccc2ccccc2c1. The van der Waals surface area contributed by atoms with E-state index in [1.165, 1.54) is 7.11 Å². The van der Waals surface area contributed by atoms with Crippen LogP contribution in [0.1, 0.15) is 32.4 Å². The Morgan fingerprint density at radius 1 is 1.04 bits per heavy atom. The monoisotopic (exact) mass is 315 g/mol. The number of nitrogens with one attached hydrogen (secondary N) is 1. The van der Waals surface area contributed by atoms with Gasteiger partial charge in [-0.3, -0.25) is 0 Å². The number of alkyl carbamates (subject to hydrolysis) is 1. The highest BCUT2D eigenvalue weighted by Crippen LogP contribution is 2.22. The second-order valence-corrected chi connectivity index (χ2v) is 6.21. The van der Waals surface area contributed by atoms with Crippen molar-refractivity contribution in [3.63, 3.8) is 0 Å². The molecule has 5 heteroatoms. The van der Waals surface area contributed by atoms with Crippen LogP contribution in [0.25, 0.3) is 10.8 Å². The number of fused-ring (bicyclic) bond motifs is 1. The van der Waals surface area contributed by atoms with Crippen molar-refractivity contribution in [3.05, 3.63) is 48.0 Å². The molecule has 0 radical (unpaired) electrons. The summed E-state index contributed by atoms with van der Waals surface area (Å²) in [4.78, 5) is 24.0. The molecule has 1 atom stereocenters. The number of rotatable bonds is 3. The number of methoxy groups -OCH3 is 1. The second kappa shape index (κ2) is 6.69. The van der Waals surface area contributed by atoms with Crippen molar-refractivity contribution in [1.29, 1.82) is 0 Å². The first-order valence-corrected chi connectivity index (χ1v) is 7.36. The largest absolute Gasteiger partial charge is 0.467 e. The molecule has 0 bridgehead atoms. The summed E-state index contributed by atoms with van der Waals surface area (Å²) in [5, 5.41) is 4.60. The molecule has 122 valence electrons. The molecule has 0 heterocycles. The zero-order valence-corrected chi connectivity index (χ0v) is 13.8. The summed E-state index contributed by atoms with van der Waals surface area (Å²) in [6.07, 6.45) is -0.666. The standard InChI is InChI=1S/C18H21NO4/c1-18(2,3)23-17(21)19-15(16(20)22-4)14-10-9-12-7-5-6-8-13(12)11-14/h5-11,15H,1-4H3,(H,19,21)/t15-/m1/s1. The third-order valence-electron chi connectivity index (χ3n) is 3.20. The highest BCUT2D eigenvalue weighted by atomic mass is 16.6. The molecule has 0 aliphatic carbocycles. The summed E-state index contributed by atoms with van der Waals surface area (Å²) in [6.45, 7) is 5.28. The van der Waals surface area contributed by atoms with Crippen molar-refractivity contribution in [2.45, 2.75) is 32.4 Å². The van der Waals surface area contributed by atoms with E-state index >= 15 is 0 Å². The molecule has 5 nitrogen and oxygen atoms in total. The summed E-state index contributed by atoms with van der Waals surface area (Å²) in [5.41, 5.74) is -0.00451. The van der Waals surface area contributed by atoms with E-state index in [9.17, 15) is 9.59 Å². The van der Waals surface area contributed by atoms with Crippen LogP contribution in [0.2, 0.25) is 0 Å². The van der Waals surface area contributed by atoms with Gasteiger partial charge < -0.3 is 14.8 Å². The number of hydrogen-bond donors (Lipinski definition) is 1. The molecular weight excluding hydrogens is 294 g/mol. The van der Waals surface area contributed by atoms with Crippen LogP contribution in [0.3, 0.4) is 0 Å². The molecule has 2 aromatic rings. The van der Waals surface area contributed by atoms with Crippen molar-refractivity contribution in [3.8, 4) is 0 Å². The van der Waals surface area contributed by atoms with Crippen LogP contribution in [0, 0.1) is 0 Å². The zero-order valence-electron chi connectivity index (χ0n) is 13.8. The van der Waals surface area contributed by atoms with Crippen molar-refractivity contribution >= 4 is 22.8 Å². The molecule has 23 heavy (non-hydrogen) atoms. The summed E-state index contributed by atoms with van der Waals surface area (Å²) in [6, 6.07) is 12.4. The van der Waals surface area contributed by atoms with Crippen LogP contribution in [0.5, 0.6) is 0 Å². The van der Waals surface area contributed by atoms with E-state index in [0.29, 0.717) is 5.56 Å². The Morgan fingerprint density at radius 3 is 2.30 bits per heavy atom. The van der Waals surface area contributed by atoms with Gasteiger partial charge in [0.1, 0.15) is 5.60 Å². The van der Waals surface area contributed by atoms with Crippen molar-refractivity contribution < 1.29 is 19.1 Å². The van der Waals surface area contributed by atoms with Gasteiger partial charge in [-0.15, -0.1) is 0 Å². The van der Waals surface area contributed by atoms with Crippen LogP contribution in [-0.2, 0) is 14.3 Å². The molecule has 2 aromatic carbocycles. The van der Waals surface area contributed by atoms with E-state index in [-0.39, 0.29) is 0 Å². The van der Waals surface area contributed by atoms with E-state index in [4.69, 9.17) is 9.47 Å². The van der Waals surface area contributed by atoms with Gasteiger partial charge in [-0.05, 0) is 43.2 Å². The van der Waals surface area contributed by atoms with E-state index in [0.717, 1.165) is 10.8 Å².